The molecule has 1 amide bonds. The number of methoxy groups -OCH3 is 1. The highest BCUT2D eigenvalue weighted by molar-refractivity contribution is 9.10. The lowest BCUT2D eigenvalue weighted by Gasteiger charge is -2.24. The summed E-state index contributed by atoms with van der Waals surface area (Å²) in [4.78, 5) is 21.6. The standard InChI is InChI=1S/C22H26BrN3O4S2/c1-4-25(5-2)12-13-26(22-24-19-11-6-16(23)14-20(19)31-22)21(27)15-32(28,29)18-9-7-17(30-3)8-10-18/h6-11,14H,4-5,12-13,15H2,1-3H3. The fourth-order valence-corrected chi connectivity index (χ4v) is 5.98. The van der Waals surface area contributed by atoms with Crippen LogP contribution in [0.4, 0.5) is 5.13 Å². The van der Waals surface area contributed by atoms with Crippen LogP contribution in [0.25, 0.3) is 10.2 Å². The topological polar surface area (TPSA) is 79.8 Å². The first-order valence-electron chi connectivity index (χ1n) is 10.2. The molecular weight excluding hydrogens is 514 g/mol. The van der Waals surface area contributed by atoms with Crippen molar-refractivity contribution in [3.8, 4) is 5.75 Å². The Bertz CT molecular complexity index is 1180. The summed E-state index contributed by atoms with van der Waals surface area (Å²) in [6, 6.07) is 11.8. The number of nitrogens with zero attached hydrogens (tertiary/aromatic N) is 3. The number of rotatable bonds is 10. The summed E-state index contributed by atoms with van der Waals surface area (Å²) >= 11 is 4.83. The molecule has 0 aliphatic carbocycles. The predicted molar refractivity (Wildman–Crippen MR) is 133 cm³/mol. The van der Waals surface area contributed by atoms with Gasteiger partial charge >= 0.3 is 0 Å². The van der Waals surface area contributed by atoms with Crippen molar-refractivity contribution in [3.05, 3.63) is 46.9 Å². The first-order chi connectivity index (χ1) is 15.3. The van der Waals surface area contributed by atoms with Gasteiger partial charge in [-0.25, -0.2) is 13.4 Å². The number of halogens is 1. The molecule has 0 bridgehead atoms. The number of hydrogen-bond acceptors (Lipinski definition) is 7. The summed E-state index contributed by atoms with van der Waals surface area (Å²) in [5, 5.41) is 0.500. The van der Waals surface area contributed by atoms with Gasteiger partial charge in [-0.1, -0.05) is 41.1 Å². The van der Waals surface area contributed by atoms with Crippen LogP contribution in [-0.2, 0) is 14.6 Å². The molecule has 0 saturated heterocycles. The number of amides is 1. The smallest absolute Gasteiger partial charge is 0.244 e. The molecule has 0 N–H and O–H groups in total. The maximum absolute atomic E-state index is 13.2. The highest BCUT2D eigenvalue weighted by atomic mass is 79.9. The van der Waals surface area contributed by atoms with Gasteiger partial charge < -0.3 is 9.64 Å². The number of benzene rings is 2. The zero-order chi connectivity index (χ0) is 23.3. The lowest BCUT2D eigenvalue weighted by atomic mass is 10.3. The van der Waals surface area contributed by atoms with Crippen molar-refractivity contribution in [1.82, 2.24) is 9.88 Å². The molecule has 0 aliphatic rings. The average Bonchev–Trinajstić information content (AvgIpc) is 3.19. The molecule has 7 nitrogen and oxygen atoms in total. The van der Waals surface area contributed by atoms with E-state index in [1.165, 1.54) is 35.5 Å². The van der Waals surface area contributed by atoms with Gasteiger partial charge in [0.25, 0.3) is 0 Å². The number of sulfone groups is 1. The zero-order valence-corrected chi connectivity index (χ0v) is 21.5. The number of aromatic nitrogens is 1. The Morgan fingerprint density at radius 1 is 1.09 bits per heavy atom. The van der Waals surface area contributed by atoms with Crippen molar-refractivity contribution < 1.29 is 17.9 Å². The highest BCUT2D eigenvalue weighted by Crippen LogP contribution is 2.31. The fourth-order valence-electron chi connectivity index (χ4n) is 3.22. The largest absolute Gasteiger partial charge is 0.497 e. The van der Waals surface area contributed by atoms with E-state index >= 15 is 0 Å². The van der Waals surface area contributed by atoms with Gasteiger partial charge in [0.2, 0.25) is 5.91 Å². The molecule has 0 saturated carbocycles. The molecule has 1 heterocycles. The molecule has 0 atom stereocenters. The van der Waals surface area contributed by atoms with Gasteiger partial charge in [-0.15, -0.1) is 0 Å². The normalized spacial score (nSPS) is 11.8. The summed E-state index contributed by atoms with van der Waals surface area (Å²) in [5.41, 5.74) is 0.770. The third-order valence-corrected chi connectivity index (χ3v) is 8.29. The van der Waals surface area contributed by atoms with Crippen molar-refractivity contribution in [3.63, 3.8) is 0 Å². The van der Waals surface area contributed by atoms with Gasteiger partial charge in [-0.3, -0.25) is 9.69 Å². The van der Waals surface area contributed by atoms with Crippen LogP contribution in [-0.4, -0.2) is 63.3 Å². The Balaban J connectivity index is 1.89. The van der Waals surface area contributed by atoms with E-state index in [0.29, 0.717) is 24.0 Å². The Morgan fingerprint density at radius 2 is 1.78 bits per heavy atom. The monoisotopic (exact) mass is 539 g/mol. The van der Waals surface area contributed by atoms with Crippen molar-refractivity contribution in [1.29, 1.82) is 0 Å². The molecule has 0 unspecified atom stereocenters. The molecule has 0 spiro atoms. The van der Waals surface area contributed by atoms with Crippen LogP contribution in [0.15, 0.2) is 51.8 Å². The van der Waals surface area contributed by atoms with Gasteiger partial charge in [-0.2, -0.15) is 0 Å². The number of carbonyl (C=O) groups is 1. The van der Waals surface area contributed by atoms with E-state index in [-0.39, 0.29) is 4.90 Å². The zero-order valence-electron chi connectivity index (χ0n) is 18.2. The molecule has 32 heavy (non-hydrogen) atoms. The fraction of sp³-hybridized carbons (Fsp3) is 0.364. The number of carbonyl (C=O) groups excluding carboxylic acids is 1. The molecule has 0 aliphatic heterocycles. The maximum atomic E-state index is 13.2. The summed E-state index contributed by atoms with van der Waals surface area (Å²) in [7, 11) is -2.30. The van der Waals surface area contributed by atoms with E-state index in [1.54, 1.807) is 12.1 Å². The molecule has 0 radical (unpaired) electrons. The van der Waals surface area contributed by atoms with E-state index < -0.39 is 21.5 Å². The average molecular weight is 541 g/mol. The number of thiazole rings is 1. The van der Waals surface area contributed by atoms with Crippen LogP contribution in [0, 0.1) is 0 Å². The number of anilines is 1. The minimum absolute atomic E-state index is 0.0866. The Labute approximate surface area is 201 Å². The highest BCUT2D eigenvalue weighted by Gasteiger charge is 2.27. The Hall–Kier alpha value is -2.01. The second-order valence-electron chi connectivity index (χ2n) is 7.12. The quantitative estimate of drug-likeness (QED) is 0.383. The van der Waals surface area contributed by atoms with Crippen LogP contribution in [0.2, 0.25) is 0 Å². The van der Waals surface area contributed by atoms with Crippen molar-refractivity contribution in [2.45, 2.75) is 18.7 Å². The summed E-state index contributed by atoms with van der Waals surface area (Å²) in [6.45, 7) is 6.78. The third-order valence-electron chi connectivity index (χ3n) is 5.14. The second kappa shape index (κ2) is 10.7. The minimum atomic E-state index is -3.81. The van der Waals surface area contributed by atoms with Gasteiger partial charge in [0, 0.05) is 17.6 Å². The molecule has 1 aromatic heterocycles. The number of fused-ring (bicyclic) bond motifs is 1. The number of ether oxygens (including phenoxy) is 1. The van der Waals surface area contributed by atoms with Gasteiger partial charge in [0.1, 0.15) is 11.5 Å². The minimum Gasteiger partial charge on any atom is -0.497 e. The van der Waals surface area contributed by atoms with Crippen LogP contribution >= 0.6 is 27.3 Å². The Morgan fingerprint density at radius 3 is 2.41 bits per heavy atom. The molecule has 0 fully saturated rings. The van der Waals surface area contributed by atoms with Crippen molar-refractivity contribution in [2.24, 2.45) is 0 Å². The van der Waals surface area contributed by atoms with Crippen molar-refractivity contribution >= 4 is 58.4 Å². The van der Waals surface area contributed by atoms with E-state index in [1.807, 2.05) is 18.2 Å². The van der Waals surface area contributed by atoms with Crippen LogP contribution in [0.5, 0.6) is 5.75 Å². The van der Waals surface area contributed by atoms with E-state index in [4.69, 9.17) is 4.74 Å². The van der Waals surface area contributed by atoms with Gasteiger partial charge in [0.15, 0.2) is 15.0 Å². The molecule has 3 aromatic rings. The molecule has 3 rings (SSSR count). The second-order valence-corrected chi connectivity index (χ2v) is 11.0. The first-order valence-corrected chi connectivity index (χ1v) is 13.5. The van der Waals surface area contributed by atoms with Gasteiger partial charge in [0.05, 0.1) is 22.2 Å². The lowest BCUT2D eigenvalue weighted by Crippen LogP contribution is -2.41. The molecular formula is C22H26BrN3O4S2. The predicted octanol–water partition coefficient (Wildman–Crippen LogP) is 4.22. The molecule has 172 valence electrons. The SMILES string of the molecule is CCN(CC)CCN(C(=O)CS(=O)(=O)c1ccc(OC)cc1)c1nc2ccc(Br)cc2s1. The maximum Gasteiger partial charge on any atom is 0.244 e. The molecule has 2 aromatic carbocycles. The lowest BCUT2D eigenvalue weighted by molar-refractivity contribution is -0.116. The molecule has 10 heteroatoms. The van der Waals surface area contributed by atoms with Crippen LogP contribution < -0.4 is 9.64 Å². The summed E-state index contributed by atoms with van der Waals surface area (Å²) in [5.74, 6) is -0.570. The summed E-state index contributed by atoms with van der Waals surface area (Å²) in [6.07, 6.45) is 0. The van der Waals surface area contributed by atoms with E-state index in [0.717, 1.165) is 27.8 Å². The first kappa shape index (κ1) is 24.6. The number of likely N-dealkylation sites (N-methyl/N-ethyl adjacent to an activating group) is 1. The van der Waals surface area contributed by atoms with Crippen LogP contribution in [0.3, 0.4) is 0 Å². The van der Waals surface area contributed by atoms with Crippen LogP contribution in [0.1, 0.15) is 13.8 Å². The third kappa shape index (κ3) is 5.86. The van der Waals surface area contributed by atoms with E-state index in [2.05, 4.69) is 39.7 Å². The van der Waals surface area contributed by atoms with Crippen molar-refractivity contribution in [2.75, 3.05) is 43.9 Å². The summed E-state index contributed by atoms with van der Waals surface area (Å²) < 4.78 is 32.8. The Kier molecular flexibility index (Phi) is 8.26. The van der Waals surface area contributed by atoms with Gasteiger partial charge in [-0.05, 0) is 55.6 Å². The number of hydrogen-bond donors (Lipinski definition) is 0. The van der Waals surface area contributed by atoms with E-state index in [9.17, 15) is 13.2 Å².